The maximum absolute atomic E-state index is 12.4. The van der Waals surface area contributed by atoms with Crippen LogP contribution in [0.5, 0.6) is 0 Å². The summed E-state index contributed by atoms with van der Waals surface area (Å²) < 4.78 is 0. The van der Waals surface area contributed by atoms with Gasteiger partial charge in [0, 0.05) is 24.7 Å². The van der Waals surface area contributed by atoms with Gasteiger partial charge in [0.2, 0.25) is 5.91 Å². The Hall–Kier alpha value is -2.04. The Kier molecular flexibility index (Phi) is 4.05. The quantitative estimate of drug-likeness (QED) is 0.912. The normalized spacial score (nSPS) is 24.6. The van der Waals surface area contributed by atoms with Gasteiger partial charge in [-0.3, -0.25) is 4.79 Å². The number of fused-ring (bicyclic) bond motifs is 1. The van der Waals surface area contributed by atoms with E-state index in [0.717, 1.165) is 18.5 Å². The number of carbonyl (C=O) groups is 2. The number of piperidine rings is 1. The summed E-state index contributed by atoms with van der Waals surface area (Å²) in [4.78, 5) is 28.6. The van der Waals surface area contributed by atoms with Crippen LogP contribution in [0.15, 0.2) is 30.3 Å². The minimum absolute atomic E-state index is 0.00939. The van der Waals surface area contributed by atoms with E-state index in [9.17, 15) is 9.59 Å². The number of urea groups is 1. The summed E-state index contributed by atoms with van der Waals surface area (Å²) in [6.07, 6.45) is 2.11. The first-order valence-electron chi connectivity index (χ1n) is 8.02. The first-order chi connectivity index (χ1) is 10.6. The van der Waals surface area contributed by atoms with Crippen molar-refractivity contribution in [3.05, 3.63) is 30.3 Å². The summed E-state index contributed by atoms with van der Waals surface area (Å²) in [5.41, 5.74) is 0.938. The number of anilines is 1. The number of para-hydroxylation sites is 1. The van der Waals surface area contributed by atoms with Crippen LogP contribution in [0.3, 0.4) is 0 Å². The number of likely N-dealkylation sites (tertiary alicyclic amines) is 1. The summed E-state index contributed by atoms with van der Waals surface area (Å²) in [7, 11) is 0. The minimum Gasteiger partial charge on any atom is -0.336 e. The summed E-state index contributed by atoms with van der Waals surface area (Å²) in [5.74, 6) is 0.165. The molecule has 22 heavy (non-hydrogen) atoms. The highest BCUT2D eigenvalue weighted by atomic mass is 16.2. The van der Waals surface area contributed by atoms with E-state index < -0.39 is 0 Å². The highest BCUT2D eigenvalue weighted by Crippen LogP contribution is 2.34. The molecule has 0 radical (unpaired) electrons. The highest BCUT2D eigenvalue weighted by molar-refractivity contribution is 5.95. The second kappa shape index (κ2) is 5.99. The molecule has 0 aromatic heterocycles. The summed E-state index contributed by atoms with van der Waals surface area (Å²) in [5, 5.41) is 2.97. The van der Waals surface area contributed by atoms with E-state index in [4.69, 9.17) is 0 Å². The van der Waals surface area contributed by atoms with Crippen LogP contribution in [0.4, 0.5) is 10.5 Å². The van der Waals surface area contributed by atoms with Crippen LogP contribution < -0.4 is 10.2 Å². The van der Waals surface area contributed by atoms with Gasteiger partial charge >= 0.3 is 6.03 Å². The molecule has 3 amide bonds. The van der Waals surface area contributed by atoms with E-state index in [1.54, 1.807) is 0 Å². The van der Waals surface area contributed by atoms with Crippen LogP contribution in [0.2, 0.25) is 0 Å². The van der Waals surface area contributed by atoms with Gasteiger partial charge in [-0.2, -0.15) is 0 Å². The Morgan fingerprint density at radius 1 is 1.18 bits per heavy atom. The molecule has 2 atom stereocenters. The first-order valence-corrected chi connectivity index (χ1v) is 8.02. The zero-order valence-electron chi connectivity index (χ0n) is 13.2. The Labute approximate surface area is 131 Å². The number of hydrogen-bond donors (Lipinski definition) is 1. The van der Waals surface area contributed by atoms with Crippen molar-refractivity contribution in [1.82, 2.24) is 10.2 Å². The minimum atomic E-state index is -0.00939. The lowest BCUT2D eigenvalue weighted by Crippen LogP contribution is -2.55. The SMILES string of the molecule is CC(C)NC(=O)N1CC[C@@H]2[C@H]1CCC(=O)N2c1ccccc1. The topological polar surface area (TPSA) is 52.7 Å². The molecule has 2 heterocycles. The lowest BCUT2D eigenvalue weighted by atomic mass is 9.95. The molecule has 0 bridgehead atoms. The molecule has 0 saturated carbocycles. The Balaban J connectivity index is 1.81. The molecule has 0 unspecified atom stereocenters. The number of rotatable bonds is 2. The fourth-order valence-electron chi connectivity index (χ4n) is 3.57. The van der Waals surface area contributed by atoms with Crippen LogP contribution in [0.1, 0.15) is 33.1 Å². The predicted octanol–water partition coefficient (Wildman–Crippen LogP) is 2.37. The Morgan fingerprint density at radius 3 is 2.59 bits per heavy atom. The average molecular weight is 301 g/mol. The third-order valence-corrected chi connectivity index (χ3v) is 4.47. The molecule has 1 aromatic rings. The van der Waals surface area contributed by atoms with Crippen LogP contribution in [-0.4, -0.2) is 41.5 Å². The number of nitrogens with one attached hydrogen (secondary N) is 1. The summed E-state index contributed by atoms with van der Waals surface area (Å²) in [6.45, 7) is 4.64. The van der Waals surface area contributed by atoms with Crippen LogP contribution in [0, 0.1) is 0 Å². The van der Waals surface area contributed by atoms with Gasteiger partial charge < -0.3 is 15.1 Å². The molecule has 118 valence electrons. The maximum Gasteiger partial charge on any atom is 0.317 e. The van der Waals surface area contributed by atoms with Crippen molar-refractivity contribution in [2.75, 3.05) is 11.4 Å². The third kappa shape index (κ3) is 2.67. The molecule has 2 saturated heterocycles. The van der Waals surface area contributed by atoms with Crippen LogP contribution in [-0.2, 0) is 4.79 Å². The molecule has 2 aliphatic heterocycles. The van der Waals surface area contributed by atoms with E-state index in [0.29, 0.717) is 13.0 Å². The number of nitrogens with zero attached hydrogens (tertiary/aromatic N) is 2. The number of amides is 3. The highest BCUT2D eigenvalue weighted by Gasteiger charge is 2.45. The fraction of sp³-hybridized carbons (Fsp3) is 0.529. The summed E-state index contributed by atoms with van der Waals surface area (Å²) in [6, 6.07) is 10.1. The van der Waals surface area contributed by atoms with Gasteiger partial charge in [0.25, 0.3) is 0 Å². The van der Waals surface area contributed by atoms with E-state index in [2.05, 4.69) is 5.32 Å². The molecular weight excluding hydrogens is 278 g/mol. The first kappa shape index (κ1) is 14.9. The lowest BCUT2D eigenvalue weighted by molar-refractivity contribution is -0.120. The molecule has 0 aliphatic carbocycles. The second-order valence-electron chi connectivity index (χ2n) is 6.36. The number of carbonyl (C=O) groups excluding carboxylic acids is 2. The van der Waals surface area contributed by atoms with Crippen molar-refractivity contribution >= 4 is 17.6 Å². The monoisotopic (exact) mass is 301 g/mol. The van der Waals surface area contributed by atoms with Crippen molar-refractivity contribution in [1.29, 1.82) is 0 Å². The van der Waals surface area contributed by atoms with E-state index in [1.165, 1.54) is 0 Å². The van der Waals surface area contributed by atoms with Gasteiger partial charge in [-0.1, -0.05) is 18.2 Å². The largest absolute Gasteiger partial charge is 0.336 e. The fourth-order valence-corrected chi connectivity index (χ4v) is 3.57. The van der Waals surface area contributed by atoms with Crippen molar-refractivity contribution < 1.29 is 9.59 Å². The molecular formula is C17H23N3O2. The molecule has 1 aromatic carbocycles. The molecule has 5 heteroatoms. The Morgan fingerprint density at radius 2 is 1.91 bits per heavy atom. The molecule has 3 rings (SSSR count). The zero-order valence-corrected chi connectivity index (χ0v) is 13.2. The standard InChI is InChI=1S/C17H23N3O2/c1-12(2)18-17(22)19-11-10-15-14(19)8-9-16(21)20(15)13-6-4-3-5-7-13/h3-7,12,14-15H,8-11H2,1-2H3,(H,18,22)/t14-,15-/m1/s1. The van der Waals surface area contributed by atoms with Crippen molar-refractivity contribution in [3.63, 3.8) is 0 Å². The van der Waals surface area contributed by atoms with Gasteiger partial charge in [-0.15, -0.1) is 0 Å². The molecule has 1 N–H and O–H groups in total. The van der Waals surface area contributed by atoms with Gasteiger partial charge in [0.15, 0.2) is 0 Å². The third-order valence-electron chi connectivity index (χ3n) is 4.47. The van der Waals surface area contributed by atoms with Gasteiger partial charge in [0.05, 0.1) is 12.1 Å². The lowest BCUT2D eigenvalue weighted by Gasteiger charge is -2.39. The second-order valence-corrected chi connectivity index (χ2v) is 6.36. The molecule has 2 fully saturated rings. The molecule has 5 nitrogen and oxygen atoms in total. The molecule has 2 aliphatic rings. The van der Waals surface area contributed by atoms with E-state index in [-0.39, 0.29) is 30.1 Å². The van der Waals surface area contributed by atoms with Gasteiger partial charge in [-0.05, 0) is 38.8 Å². The van der Waals surface area contributed by atoms with Crippen molar-refractivity contribution in [3.8, 4) is 0 Å². The van der Waals surface area contributed by atoms with Crippen molar-refractivity contribution in [2.24, 2.45) is 0 Å². The number of benzene rings is 1. The average Bonchev–Trinajstić information content (AvgIpc) is 2.91. The predicted molar refractivity (Wildman–Crippen MR) is 85.7 cm³/mol. The van der Waals surface area contributed by atoms with Crippen LogP contribution >= 0.6 is 0 Å². The van der Waals surface area contributed by atoms with E-state index in [1.807, 2.05) is 54.0 Å². The van der Waals surface area contributed by atoms with Crippen molar-refractivity contribution in [2.45, 2.75) is 51.2 Å². The smallest absolute Gasteiger partial charge is 0.317 e. The Bertz CT molecular complexity index is 558. The molecule has 0 spiro atoms. The van der Waals surface area contributed by atoms with Crippen LogP contribution in [0.25, 0.3) is 0 Å². The number of hydrogen-bond acceptors (Lipinski definition) is 2. The van der Waals surface area contributed by atoms with E-state index >= 15 is 0 Å². The van der Waals surface area contributed by atoms with Gasteiger partial charge in [-0.25, -0.2) is 4.79 Å². The van der Waals surface area contributed by atoms with Gasteiger partial charge in [0.1, 0.15) is 0 Å². The zero-order chi connectivity index (χ0) is 15.7. The maximum atomic E-state index is 12.4. The summed E-state index contributed by atoms with van der Waals surface area (Å²) >= 11 is 0.